The van der Waals surface area contributed by atoms with Crippen molar-refractivity contribution in [2.75, 3.05) is 7.11 Å². The molecule has 0 spiro atoms. The van der Waals surface area contributed by atoms with Crippen LogP contribution in [0.3, 0.4) is 0 Å². The van der Waals surface area contributed by atoms with Crippen LogP contribution in [-0.2, 0) is 11.3 Å². The first-order valence-electron chi connectivity index (χ1n) is 10.2. The van der Waals surface area contributed by atoms with Gasteiger partial charge in [0.1, 0.15) is 12.3 Å². The van der Waals surface area contributed by atoms with Crippen molar-refractivity contribution in [3.63, 3.8) is 0 Å². The molecule has 0 aliphatic heterocycles. The summed E-state index contributed by atoms with van der Waals surface area (Å²) >= 11 is 0. The van der Waals surface area contributed by atoms with E-state index in [1.165, 1.54) is 45.6 Å². The third-order valence-electron chi connectivity index (χ3n) is 7.07. The van der Waals surface area contributed by atoms with Crippen molar-refractivity contribution in [2.24, 2.45) is 17.8 Å². The Balaban J connectivity index is 1.26. The van der Waals surface area contributed by atoms with Crippen LogP contribution in [-0.4, -0.2) is 18.6 Å². The molecule has 6 rings (SSSR count). The number of furan rings is 1. The molecule has 4 aliphatic carbocycles. The number of hydrogen-bond donors (Lipinski definition) is 1. The zero-order chi connectivity index (χ0) is 18.4. The van der Waals surface area contributed by atoms with Crippen LogP contribution in [0.25, 0.3) is 11.3 Å². The Labute approximate surface area is 160 Å². The summed E-state index contributed by atoms with van der Waals surface area (Å²) < 4.78 is 10.9. The van der Waals surface area contributed by atoms with Crippen LogP contribution in [0.1, 0.15) is 54.6 Å². The third-order valence-corrected chi connectivity index (χ3v) is 7.07. The van der Waals surface area contributed by atoms with Crippen LogP contribution in [0.4, 0.5) is 0 Å². The highest BCUT2D eigenvalue weighted by Crippen LogP contribution is 2.54. The fraction of sp³-hybridized carbons (Fsp3) is 0.522. The number of rotatable bonds is 5. The summed E-state index contributed by atoms with van der Waals surface area (Å²) in [4.78, 5) is 11.6. The van der Waals surface area contributed by atoms with Crippen molar-refractivity contribution in [1.82, 2.24) is 0 Å². The van der Waals surface area contributed by atoms with Crippen LogP contribution in [0, 0.1) is 17.8 Å². The van der Waals surface area contributed by atoms with E-state index in [1.54, 1.807) is 12.1 Å². The van der Waals surface area contributed by atoms with Gasteiger partial charge in [-0.15, -0.1) is 0 Å². The molecule has 4 aliphatic rings. The van der Waals surface area contributed by atoms with Gasteiger partial charge in [0.15, 0.2) is 5.76 Å². The zero-order valence-electron chi connectivity index (χ0n) is 15.9. The Kier molecular flexibility index (Phi) is 4.12. The first-order chi connectivity index (χ1) is 13.1. The third kappa shape index (κ3) is 3.20. The highest BCUT2D eigenvalue weighted by atomic mass is 16.5. The predicted octanol–water partition coefficient (Wildman–Crippen LogP) is 3.77. The van der Waals surface area contributed by atoms with E-state index in [-0.39, 0.29) is 5.97 Å². The molecule has 27 heavy (non-hydrogen) atoms. The van der Waals surface area contributed by atoms with Gasteiger partial charge in [-0.2, -0.15) is 0 Å². The Hall–Kier alpha value is -2.07. The van der Waals surface area contributed by atoms with E-state index in [2.05, 4.69) is 11.4 Å². The lowest BCUT2D eigenvalue weighted by Gasteiger charge is -2.54. The lowest BCUT2D eigenvalue weighted by Crippen LogP contribution is -2.97. The van der Waals surface area contributed by atoms with Gasteiger partial charge in [0.05, 0.1) is 18.2 Å². The first kappa shape index (κ1) is 17.1. The van der Waals surface area contributed by atoms with E-state index in [4.69, 9.17) is 9.15 Å². The summed E-state index contributed by atoms with van der Waals surface area (Å²) in [6, 6.07) is 11.5. The van der Waals surface area contributed by atoms with Gasteiger partial charge in [0.25, 0.3) is 0 Å². The van der Waals surface area contributed by atoms with Gasteiger partial charge in [-0.1, -0.05) is 12.1 Å². The normalized spacial score (nSPS) is 31.2. The largest absolute Gasteiger partial charge is 0.465 e. The molecule has 4 fully saturated rings. The fourth-order valence-corrected chi connectivity index (χ4v) is 6.28. The molecule has 0 atom stereocenters. The fourth-order valence-electron chi connectivity index (χ4n) is 6.28. The Bertz CT molecular complexity index is 800. The molecule has 4 heteroatoms. The number of hydrogen-bond acceptors (Lipinski definition) is 3. The van der Waals surface area contributed by atoms with Gasteiger partial charge in [0, 0.05) is 24.8 Å². The molecule has 0 amide bonds. The summed E-state index contributed by atoms with van der Waals surface area (Å²) in [6.45, 7) is 0.923. The molecule has 1 heterocycles. The van der Waals surface area contributed by atoms with Crippen LogP contribution in [0.15, 0.2) is 40.8 Å². The second-order valence-corrected chi connectivity index (χ2v) is 9.02. The van der Waals surface area contributed by atoms with Crippen molar-refractivity contribution in [2.45, 2.75) is 50.6 Å². The lowest BCUT2D eigenvalue weighted by atomic mass is 9.53. The maximum absolute atomic E-state index is 11.6. The molecule has 0 radical (unpaired) electrons. The molecular weight excluding hydrogens is 338 g/mol. The van der Waals surface area contributed by atoms with Crippen molar-refractivity contribution < 1.29 is 19.3 Å². The number of methoxy groups -OCH3 is 1. The molecule has 4 nitrogen and oxygen atoms in total. The molecule has 142 valence electrons. The number of carbonyl (C=O) groups is 1. The van der Waals surface area contributed by atoms with Crippen molar-refractivity contribution in [3.05, 3.63) is 47.7 Å². The molecule has 0 saturated heterocycles. The van der Waals surface area contributed by atoms with Gasteiger partial charge < -0.3 is 14.5 Å². The number of nitrogens with two attached hydrogens (primary N) is 1. The van der Waals surface area contributed by atoms with E-state index in [0.29, 0.717) is 11.1 Å². The first-order valence-corrected chi connectivity index (χ1v) is 10.2. The smallest absolute Gasteiger partial charge is 0.337 e. The van der Waals surface area contributed by atoms with E-state index in [0.717, 1.165) is 41.4 Å². The van der Waals surface area contributed by atoms with E-state index in [1.807, 2.05) is 18.2 Å². The monoisotopic (exact) mass is 366 g/mol. The van der Waals surface area contributed by atoms with Gasteiger partial charge >= 0.3 is 5.97 Å². The van der Waals surface area contributed by atoms with Gasteiger partial charge in [-0.25, -0.2) is 4.79 Å². The molecule has 4 bridgehead atoms. The van der Waals surface area contributed by atoms with E-state index in [9.17, 15) is 4.79 Å². The number of ether oxygens (including phenoxy) is 1. The molecule has 0 unspecified atom stereocenters. The lowest BCUT2D eigenvalue weighted by molar-refractivity contribution is -0.754. The Morgan fingerprint density at radius 2 is 1.67 bits per heavy atom. The SMILES string of the molecule is COC(=O)c1ccc(-c2ccc(C[NH2+]C34CC5CC(CC(C5)C3)C4)o2)cc1. The Morgan fingerprint density at radius 1 is 1.04 bits per heavy atom. The Morgan fingerprint density at radius 3 is 2.26 bits per heavy atom. The average molecular weight is 366 g/mol. The molecular formula is C23H28NO3+. The van der Waals surface area contributed by atoms with Crippen LogP contribution in [0.2, 0.25) is 0 Å². The second kappa shape index (κ2) is 6.52. The van der Waals surface area contributed by atoms with Gasteiger partial charge in [-0.05, 0) is 61.3 Å². The van der Waals surface area contributed by atoms with Crippen LogP contribution >= 0.6 is 0 Å². The molecule has 2 aromatic rings. The van der Waals surface area contributed by atoms with Crippen LogP contribution < -0.4 is 5.32 Å². The second-order valence-electron chi connectivity index (χ2n) is 9.02. The molecule has 2 N–H and O–H groups in total. The van der Waals surface area contributed by atoms with Crippen molar-refractivity contribution in [3.8, 4) is 11.3 Å². The summed E-state index contributed by atoms with van der Waals surface area (Å²) in [5.41, 5.74) is 2.02. The molecule has 4 saturated carbocycles. The highest BCUT2D eigenvalue weighted by Gasteiger charge is 2.53. The minimum absolute atomic E-state index is 0.313. The molecule has 1 aromatic heterocycles. The van der Waals surface area contributed by atoms with E-state index < -0.39 is 0 Å². The predicted molar refractivity (Wildman–Crippen MR) is 102 cm³/mol. The number of carbonyl (C=O) groups excluding carboxylic acids is 1. The minimum atomic E-state index is -0.313. The van der Waals surface area contributed by atoms with Crippen molar-refractivity contribution >= 4 is 5.97 Å². The standard InChI is InChI=1S/C23H27NO3/c1-26-22(25)19-4-2-18(3-5-19)21-7-6-20(27-21)14-24-23-11-15-8-16(12-23)10-17(9-15)13-23/h2-7,15-17,24H,8-14H2,1H3/p+1. The zero-order valence-corrected chi connectivity index (χ0v) is 15.9. The summed E-state index contributed by atoms with van der Waals surface area (Å²) in [5, 5.41) is 2.58. The van der Waals surface area contributed by atoms with E-state index >= 15 is 0 Å². The minimum Gasteiger partial charge on any atom is -0.465 e. The van der Waals surface area contributed by atoms with Crippen molar-refractivity contribution in [1.29, 1.82) is 0 Å². The number of benzene rings is 1. The quantitative estimate of drug-likeness (QED) is 0.820. The molecule has 1 aromatic carbocycles. The average Bonchev–Trinajstić information content (AvgIpc) is 3.14. The maximum atomic E-state index is 11.6. The maximum Gasteiger partial charge on any atom is 0.337 e. The number of esters is 1. The summed E-state index contributed by atoms with van der Waals surface area (Å²) in [7, 11) is 1.40. The topological polar surface area (TPSA) is 56.0 Å². The van der Waals surface area contributed by atoms with Gasteiger partial charge in [0.2, 0.25) is 0 Å². The van der Waals surface area contributed by atoms with Crippen LogP contribution in [0.5, 0.6) is 0 Å². The summed E-state index contributed by atoms with van der Waals surface area (Å²) in [6.07, 6.45) is 8.67. The highest BCUT2D eigenvalue weighted by molar-refractivity contribution is 5.89. The number of quaternary nitrogens is 1. The van der Waals surface area contributed by atoms with Gasteiger partial charge in [-0.3, -0.25) is 0 Å². The summed E-state index contributed by atoms with van der Waals surface area (Å²) in [5.74, 6) is 4.53.